The second-order valence-corrected chi connectivity index (χ2v) is 8.45. The molecule has 170 valence electrons. The third-order valence-corrected chi connectivity index (χ3v) is 6.20. The van der Waals surface area contributed by atoms with Gasteiger partial charge in [0.2, 0.25) is 5.95 Å². The zero-order chi connectivity index (χ0) is 22.6. The third kappa shape index (κ3) is 4.80. The van der Waals surface area contributed by atoms with Crippen molar-refractivity contribution in [2.75, 3.05) is 18.5 Å². The van der Waals surface area contributed by atoms with E-state index in [2.05, 4.69) is 15.3 Å². The molecule has 1 aromatic carbocycles. The van der Waals surface area contributed by atoms with Crippen LogP contribution in [-0.2, 0) is 26.3 Å². The van der Waals surface area contributed by atoms with Crippen molar-refractivity contribution in [1.29, 1.82) is 0 Å². The lowest BCUT2D eigenvalue weighted by Gasteiger charge is -2.35. The Morgan fingerprint density at radius 3 is 2.69 bits per heavy atom. The molecule has 0 spiro atoms. The maximum absolute atomic E-state index is 12.7. The summed E-state index contributed by atoms with van der Waals surface area (Å²) in [6, 6.07) is 9.57. The Morgan fingerprint density at radius 2 is 2.00 bits per heavy atom. The van der Waals surface area contributed by atoms with Crippen molar-refractivity contribution in [3.8, 4) is 0 Å². The highest BCUT2D eigenvalue weighted by Crippen LogP contribution is 2.51. The van der Waals surface area contributed by atoms with Crippen LogP contribution in [0.1, 0.15) is 50.2 Å². The van der Waals surface area contributed by atoms with E-state index in [1.165, 1.54) is 0 Å². The van der Waals surface area contributed by atoms with Crippen molar-refractivity contribution in [1.82, 2.24) is 14.9 Å². The van der Waals surface area contributed by atoms with E-state index in [1.807, 2.05) is 30.3 Å². The first-order valence-electron chi connectivity index (χ1n) is 11.0. The van der Waals surface area contributed by atoms with E-state index < -0.39 is 5.41 Å². The van der Waals surface area contributed by atoms with Crippen LogP contribution in [0.3, 0.4) is 0 Å². The highest BCUT2D eigenvalue weighted by atomic mass is 35.5. The van der Waals surface area contributed by atoms with Crippen molar-refractivity contribution in [3.63, 3.8) is 0 Å². The molecule has 1 aliphatic carbocycles. The van der Waals surface area contributed by atoms with Gasteiger partial charge in [-0.3, -0.25) is 9.69 Å². The first-order valence-corrected chi connectivity index (χ1v) is 11.4. The SMILES string of the molecule is CCOC(=O)C1(c2cnc(NC3CCCCN3C(=O)OCc3ccccc3)nc2Cl)CC1. The molecule has 2 fully saturated rings. The molecule has 8 nitrogen and oxygen atoms in total. The number of piperidine rings is 1. The minimum absolute atomic E-state index is 0.218. The van der Waals surface area contributed by atoms with Gasteiger partial charge in [-0.1, -0.05) is 41.9 Å². The summed E-state index contributed by atoms with van der Waals surface area (Å²) in [5.74, 6) is 0.0250. The van der Waals surface area contributed by atoms with Crippen LogP contribution in [0.15, 0.2) is 36.5 Å². The zero-order valence-corrected chi connectivity index (χ0v) is 18.8. The largest absolute Gasteiger partial charge is 0.465 e. The summed E-state index contributed by atoms with van der Waals surface area (Å²) in [7, 11) is 0. The number of hydrogen-bond donors (Lipinski definition) is 1. The number of hydrogen-bond acceptors (Lipinski definition) is 7. The molecule has 1 aliphatic heterocycles. The van der Waals surface area contributed by atoms with E-state index in [1.54, 1.807) is 18.0 Å². The van der Waals surface area contributed by atoms with Gasteiger partial charge in [0, 0.05) is 18.3 Å². The summed E-state index contributed by atoms with van der Waals surface area (Å²) in [4.78, 5) is 35.5. The molecule has 1 unspecified atom stereocenters. The number of nitrogens with one attached hydrogen (secondary N) is 1. The molecule has 1 N–H and O–H groups in total. The van der Waals surface area contributed by atoms with Crippen LogP contribution in [0, 0.1) is 0 Å². The van der Waals surface area contributed by atoms with E-state index in [0.29, 0.717) is 37.5 Å². The van der Waals surface area contributed by atoms with Gasteiger partial charge in [-0.05, 0) is 44.6 Å². The number of carbonyl (C=O) groups is 2. The predicted molar refractivity (Wildman–Crippen MR) is 119 cm³/mol. The number of halogens is 1. The molecule has 2 aromatic rings. The molecule has 0 radical (unpaired) electrons. The Bertz CT molecular complexity index is 968. The van der Waals surface area contributed by atoms with Gasteiger partial charge < -0.3 is 14.8 Å². The summed E-state index contributed by atoms with van der Waals surface area (Å²) < 4.78 is 10.7. The highest BCUT2D eigenvalue weighted by Gasteiger charge is 2.54. The fourth-order valence-corrected chi connectivity index (χ4v) is 4.29. The van der Waals surface area contributed by atoms with Gasteiger partial charge in [0.15, 0.2) is 0 Å². The number of esters is 1. The molecular formula is C23H27ClN4O4. The quantitative estimate of drug-likeness (QED) is 0.488. The lowest BCUT2D eigenvalue weighted by atomic mass is 9.99. The molecule has 1 atom stereocenters. The van der Waals surface area contributed by atoms with Crippen LogP contribution in [0.2, 0.25) is 5.15 Å². The zero-order valence-electron chi connectivity index (χ0n) is 18.1. The summed E-state index contributed by atoms with van der Waals surface area (Å²) in [6.45, 7) is 2.90. The molecule has 0 bridgehead atoms. The number of benzene rings is 1. The van der Waals surface area contributed by atoms with E-state index in [4.69, 9.17) is 21.1 Å². The van der Waals surface area contributed by atoms with Gasteiger partial charge in [-0.2, -0.15) is 0 Å². The fraction of sp³-hybridized carbons (Fsp3) is 0.478. The average Bonchev–Trinajstić information content (AvgIpc) is 3.61. The minimum Gasteiger partial charge on any atom is -0.465 e. The van der Waals surface area contributed by atoms with Crippen molar-refractivity contribution in [2.45, 2.75) is 57.2 Å². The molecule has 1 saturated carbocycles. The van der Waals surface area contributed by atoms with E-state index >= 15 is 0 Å². The predicted octanol–water partition coefficient (Wildman–Crippen LogP) is 4.29. The second-order valence-electron chi connectivity index (χ2n) is 8.09. The molecule has 1 aromatic heterocycles. The van der Waals surface area contributed by atoms with Gasteiger partial charge >= 0.3 is 12.1 Å². The van der Waals surface area contributed by atoms with Crippen molar-refractivity contribution in [3.05, 3.63) is 52.8 Å². The van der Waals surface area contributed by atoms with Gasteiger partial charge in [0.05, 0.1) is 12.0 Å². The van der Waals surface area contributed by atoms with Crippen LogP contribution in [0.4, 0.5) is 10.7 Å². The van der Waals surface area contributed by atoms with Crippen LogP contribution < -0.4 is 5.32 Å². The number of ether oxygens (including phenoxy) is 2. The highest BCUT2D eigenvalue weighted by molar-refractivity contribution is 6.30. The van der Waals surface area contributed by atoms with Crippen molar-refractivity contribution >= 4 is 29.6 Å². The summed E-state index contributed by atoms with van der Waals surface area (Å²) in [5.41, 5.74) is 0.790. The average molecular weight is 459 g/mol. The topological polar surface area (TPSA) is 93.7 Å². The first kappa shape index (κ1) is 22.3. The third-order valence-electron chi connectivity index (χ3n) is 5.91. The molecule has 2 heterocycles. The smallest absolute Gasteiger partial charge is 0.411 e. The molecule has 1 amide bonds. The van der Waals surface area contributed by atoms with Gasteiger partial charge in [-0.15, -0.1) is 0 Å². The number of aromatic nitrogens is 2. The number of rotatable bonds is 7. The Balaban J connectivity index is 1.42. The number of likely N-dealkylation sites (tertiary alicyclic amines) is 1. The molecule has 4 rings (SSSR count). The maximum Gasteiger partial charge on any atom is 0.411 e. The Kier molecular flexibility index (Phi) is 6.79. The van der Waals surface area contributed by atoms with Gasteiger partial charge in [-0.25, -0.2) is 14.8 Å². The number of nitrogens with zero attached hydrogens (tertiary/aromatic N) is 3. The monoisotopic (exact) mass is 458 g/mol. The lowest BCUT2D eigenvalue weighted by Crippen LogP contribution is -2.48. The van der Waals surface area contributed by atoms with Crippen molar-refractivity contribution in [2.24, 2.45) is 0 Å². The van der Waals surface area contributed by atoms with Crippen LogP contribution >= 0.6 is 11.6 Å². The summed E-state index contributed by atoms with van der Waals surface area (Å²) in [6.07, 6.45) is 4.87. The summed E-state index contributed by atoms with van der Waals surface area (Å²) >= 11 is 6.43. The lowest BCUT2D eigenvalue weighted by molar-refractivity contribution is -0.146. The molecule has 32 heavy (non-hydrogen) atoms. The van der Waals surface area contributed by atoms with Gasteiger partial charge in [0.1, 0.15) is 17.9 Å². The normalized spacial score (nSPS) is 19.2. The Labute approximate surface area is 192 Å². The summed E-state index contributed by atoms with van der Waals surface area (Å²) in [5, 5.41) is 3.43. The number of amides is 1. The molecule has 9 heteroatoms. The Hall–Kier alpha value is -2.87. The second kappa shape index (κ2) is 9.73. The van der Waals surface area contributed by atoms with E-state index in [-0.39, 0.29) is 30.0 Å². The first-order chi connectivity index (χ1) is 15.5. The number of carbonyl (C=O) groups excluding carboxylic acids is 2. The maximum atomic E-state index is 12.7. The van der Waals surface area contributed by atoms with Crippen LogP contribution in [0.5, 0.6) is 0 Å². The van der Waals surface area contributed by atoms with Crippen LogP contribution in [0.25, 0.3) is 0 Å². The van der Waals surface area contributed by atoms with E-state index in [9.17, 15) is 9.59 Å². The van der Waals surface area contributed by atoms with Crippen LogP contribution in [-0.4, -0.2) is 46.2 Å². The standard InChI is InChI=1S/C23H27ClN4O4/c1-2-31-20(29)23(11-12-23)17-14-25-21(27-19(17)24)26-18-10-6-7-13-28(18)22(30)32-15-16-8-4-3-5-9-16/h3-5,8-9,14,18H,2,6-7,10-13,15H2,1H3,(H,25,26,27). The molecule has 1 saturated heterocycles. The fourth-order valence-electron chi connectivity index (χ4n) is 3.98. The van der Waals surface area contributed by atoms with Gasteiger partial charge in [0.25, 0.3) is 0 Å². The van der Waals surface area contributed by atoms with Crippen molar-refractivity contribution < 1.29 is 19.1 Å². The molecule has 2 aliphatic rings. The number of anilines is 1. The molecular weight excluding hydrogens is 432 g/mol. The Morgan fingerprint density at radius 1 is 1.22 bits per heavy atom. The minimum atomic E-state index is -0.732. The van der Waals surface area contributed by atoms with E-state index in [0.717, 1.165) is 24.8 Å².